The summed E-state index contributed by atoms with van der Waals surface area (Å²) in [6.45, 7) is 3.63. The van der Waals surface area contributed by atoms with Crippen molar-refractivity contribution < 1.29 is 4.79 Å². The van der Waals surface area contributed by atoms with Crippen molar-refractivity contribution in [3.63, 3.8) is 0 Å². The normalized spacial score (nSPS) is 15.2. The first-order valence-corrected chi connectivity index (χ1v) is 9.22. The van der Waals surface area contributed by atoms with Crippen molar-refractivity contribution in [1.82, 2.24) is 29.7 Å². The van der Waals surface area contributed by atoms with Crippen molar-refractivity contribution >= 4 is 39.0 Å². The predicted octanol–water partition coefficient (Wildman–Crippen LogP) is 1.28. The molecule has 1 fully saturated rings. The maximum absolute atomic E-state index is 12.7. The number of hydrogen-bond donors (Lipinski definition) is 2. The Kier molecular flexibility index (Phi) is 4.60. The molecule has 1 amide bonds. The Balaban J connectivity index is 1.63. The minimum Gasteiger partial charge on any atom is -0.338 e. The molecule has 2 N–H and O–H groups in total. The third-order valence-electron chi connectivity index (χ3n) is 4.27. The standard InChI is InChI=1S/C16H19BrN8O/c1-23-10-12(14(17)21-23)20-15(26)13-4-3-11-9-19-16(22-25(11)13)24-7-2-5-18-6-8-24/h3-4,9-10,18H,2,5-8H2,1H3,(H,20,26). The van der Waals surface area contributed by atoms with Gasteiger partial charge in [-0.15, -0.1) is 5.10 Å². The molecule has 3 aromatic heterocycles. The molecule has 0 bridgehead atoms. The number of fused-ring (bicyclic) bond motifs is 1. The molecule has 0 aliphatic carbocycles. The van der Waals surface area contributed by atoms with E-state index >= 15 is 0 Å². The summed E-state index contributed by atoms with van der Waals surface area (Å²) in [5.41, 5.74) is 1.84. The molecule has 1 saturated heterocycles. The van der Waals surface area contributed by atoms with E-state index in [1.807, 2.05) is 6.07 Å². The van der Waals surface area contributed by atoms with Crippen molar-refractivity contribution in [2.24, 2.45) is 7.05 Å². The fraction of sp³-hybridized carbons (Fsp3) is 0.375. The van der Waals surface area contributed by atoms with Crippen LogP contribution in [0.2, 0.25) is 0 Å². The highest BCUT2D eigenvalue weighted by atomic mass is 79.9. The molecule has 0 spiro atoms. The Bertz CT molecular complexity index is 941. The van der Waals surface area contributed by atoms with Crippen LogP contribution in [0.1, 0.15) is 16.9 Å². The minimum absolute atomic E-state index is 0.249. The van der Waals surface area contributed by atoms with Crippen LogP contribution in [0.3, 0.4) is 0 Å². The van der Waals surface area contributed by atoms with E-state index in [0.717, 1.165) is 38.1 Å². The van der Waals surface area contributed by atoms with Crippen molar-refractivity contribution in [3.05, 3.63) is 34.8 Å². The largest absolute Gasteiger partial charge is 0.338 e. The maximum atomic E-state index is 12.7. The monoisotopic (exact) mass is 418 g/mol. The number of hydrogen-bond acceptors (Lipinski definition) is 6. The van der Waals surface area contributed by atoms with E-state index in [-0.39, 0.29) is 5.91 Å². The molecule has 26 heavy (non-hydrogen) atoms. The average Bonchev–Trinajstić information content (AvgIpc) is 3.05. The molecule has 9 nitrogen and oxygen atoms in total. The smallest absolute Gasteiger partial charge is 0.274 e. The third kappa shape index (κ3) is 3.29. The van der Waals surface area contributed by atoms with E-state index in [4.69, 9.17) is 0 Å². The van der Waals surface area contributed by atoms with Crippen LogP contribution in [0, 0.1) is 0 Å². The second kappa shape index (κ2) is 7.04. The van der Waals surface area contributed by atoms with Gasteiger partial charge in [-0.3, -0.25) is 9.48 Å². The van der Waals surface area contributed by atoms with Gasteiger partial charge in [0.25, 0.3) is 5.91 Å². The lowest BCUT2D eigenvalue weighted by Crippen LogP contribution is -2.30. The molecule has 0 atom stereocenters. The number of rotatable bonds is 3. The van der Waals surface area contributed by atoms with Crippen molar-refractivity contribution in [1.29, 1.82) is 0 Å². The van der Waals surface area contributed by atoms with Gasteiger partial charge in [0.05, 0.1) is 17.4 Å². The Morgan fingerprint density at radius 3 is 2.96 bits per heavy atom. The fourth-order valence-corrected chi connectivity index (χ4v) is 3.44. The molecule has 4 rings (SSSR count). The molecule has 136 valence electrons. The van der Waals surface area contributed by atoms with E-state index in [2.05, 4.69) is 46.6 Å². The maximum Gasteiger partial charge on any atom is 0.274 e. The summed E-state index contributed by atoms with van der Waals surface area (Å²) in [5, 5.41) is 15.0. The number of halogens is 1. The molecule has 1 aliphatic rings. The van der Waals surface area contributed by atoms with Gasteiger partial charge in [-0.25, -0.2) is 9.50 Å². The molecular weight excluding hydrogens is 400 g/mol. The number of carbonyl (C=O) groups excluding carboxylic acids is 1. The molecule has 0 aromatic carbocycles. The molecular formula is C16H19BrN8O. The molecule has 0 radical (unpaired) electrons. The van der Waals surface area contributed by atoms with Crippen LogP contribution in [0.15, 0.2) is 29.1 Å². The lowest BCUT2D eigenvalue weighted by Gasteiger charge is -2.19. The number of amides is 1. The van der Waals surface area contributed by atoms with E-state index in [1.54, 1.807) is 34.7 Å². The summed E-state index contributed by atoms with van der Waals surface area (Å²) >= 11 is 3.34. The van der Waals surface area contributed by atoms with Crippen LogP contribution in [0.25, 0.3) is 5.52 Å². The summed E-state index contributed by atoms with van der Waals surface area (Å²) in [6.07, 6.45) is 4.52. The quantitative estimate of drug-likeness (QED) is 0.665. The highest BCUT2D eigenvalue weighted by Gasteiger charge is 2.18. The lowest BCUT2D eigenvalue weighted by molar-refractivity contribution is 0.102. The van der Waals surface area contributed by atoms with Gasteiger partial charge in [-0.1, -0.05) is 0 Å². The second-order valence-corrected chi connectivity index (χ2v) is 6.92. The number of anilines is 2. The summed E-state index contributed by atoms with van der Waals surface area (Å²) in [4.78, 5) is 19.3. The van der Waals surface area contributed by atoms with Gasteiger partial charge in [0, 0.05) is 32.9 Å². The summed E-state index contributed by atoms with van der Waals surface area (Å²) in [5.74, 6) is 0.384. The van der Waals surface area contributed by atoms with Gasteiger partial charge in [0.1, 0.15) is 5.69 Å². The molecule has 0 unspecified atom stereocenters. The number of aryl methyl sites for hydroxylation is 1. The summed E-state index contributed by atoms with van der Waals surface area (Å²) in [7, 11) is 1.79. The first-order chi connectivity index (χ1) is 12.6. The van der Waals surface area contributed by atoms with Crippen LogP contribution < -0.4 is 15.5 Å². The highest BCUT2D eigenvalue weighted by Crippen LogP contribution is 2.21. The Morgan fingerprint density at radius 1 is 1.27 bits per heavy atom. The van der Waals surface area contributed by atoms with Gasteiger partial charge in [-0.2, -0.15) is 5.10 Å². The first-order valence-electron chi connectivity index (χ1n) is 8.43. The highest BCUT2D eigenvalue weighted by molar-refractivity contribution is 9.10. The van der Waals surface area contributed by atoms with Gasteiger partial charge in [0.15, 0.2) is 4.60 Å². The topological polar surface area (TPSA) is 92.4 Å². The van der Waals surface area contributed by atoms with E-state index < -0.39 is 0 Å². The van der Waals surface area contributed by atoms with E-state index in [1.165, 1.54) is 0 Å². The third-order valence-corrected chi connectivity index (χ3v) is 4.86. The molecule has 0 saturated carbocycles. The van der Waals surface area contributed by atoms with Crippen molar-refractivity contribution in [2.45, 2.75) is 6.42 Å². The van der Waals surface area contributed by atoms with Crippen LogP contribution in [-0.2, 0) is 7.05 Å². The average molecular weight is 419 g/mol. The molecule has 3 aromatic rings. The predicted molar refractivity (Wildman–Crippen MR) is 102 cm³/mol. The zero-order valence-corrected chi connectivity index (χ0v) is 15.9. The van der Waals surface area contributed by atoms with Gasteiger partial charge in [0.2, 0.25) is 5.95 Å². The van der Waals surface area contributed by atoms with Gasteiger partial charge in [-0.05, 0) is 41.0 Å². The zero-order valence-electron chi connectivity index (χ0n) is 14.3. The SMILES string of the molecule is Cn1cc(NC(=O)c2ccc3cnc(N4CCCNCC4)nn23)c(Br)n1. The Labute approximate surface area is 158 Å². The number of carbonyl (C=O) groups is 1. The molecule has 1 aliphatic heterocycles. The zero-order chi connectivity index (χ0) is 18.1. The summed E-state index contributed by atoms with van der Waals surface area (Å²) < 4.78 is 3.85. The number of nitrogens with one attached hydrogen (secondary N) is 2. The van der Waals surface area contributed by atoms with Crippen LogP contribution >= 0.6 is 15.9 Å². The minimum atomic E-state index is -0.249. The Morgan fingerprint density at radius 2 is 2.15 bits per heavy atom. The van der Waals surface area contributed by atoms with Crippen molar-refractivity contribution in [2.75, 3.05) is 36.4 Å². The number of aromatic nitrogens is 5. The first kappa shape index (κ1) is 17.0. The fourth-order valence-electron chi connectivity index (χ4n) is 2.99. The van der Waals surface area contributed by atoms with Crippen LogP contribution in [-0.4, -0.2) is 56.5 Å². The summed E-state index contributed by atoms with van der Waals surface area (Å²) in [6, 6.07) is 3.58. The molecule has 10 heteroatoms. The number of nitrogens with zero attached hydrogens (tertiary/aromatic N) is 6. The molecule has 4 heterocycles. The van der Waals surface area contributed by atoms with Gasteiger partial charge >= 0.3 is 0 Å². The lowest BCUT2D eigenvalue weighted by atomic mass is 10.4. The van der Waals surface area contributed by atoms with Crippen molar-refractivity contribution in [3.8, 4) is 0 Å². The van der Waals surface area contributed by atoms with Crippen LogP contribution in [0.4, 0.5) is 11.6 Å². The van der Waals surface area contributed by atoms with Gasteiger partial charge < -0.3 is 15.5 Å². The second-order valence-electron chi connectivity index (χ2n) is 6.17. The van der Waals surface area contributed by atoms with E-state index in [9.17, 15) is 4.79 Å². The Hall–Kier alpha value is -2.46. The van der Waals surface area contributed by atoms with Crippen LogP contribution in [0.5, 0.6) is 0 Å². The van der Waals surface area contributed by atoms with E-state index in [0.29, 0.717) is 21.9 Å².